The largest absolute Gasteiger partial charge is 0.348 e. The van der Waals surface area contributed by atoms with E-state index < -0.39 is 0 Å². The minimum Gasteiger partial charge on any atom is -0.348 e. The van der Waals surface area contributed by atoms with Crippen molar-refractivity contribution >= 4 is 5.91 Å². The average Bonchev–Trinajstić information content (AvgIpc) is 3.02. The van der Waals surface area contributed by atoms with E-state index in [1.54, 1.807) is 6.07 Å². The van der Waals surface area contributed by atoms with Crippen molar-refractivity contribution in [2.24, 2.45) is 0 Å². The van der Waals surface area contributed by atoms with Crippen molar-refractivity contribution < 1.29 is 4.79 Å². The van der Waals surface area contributed by atoms with Gasteiger partial charge in [-0.25, -0.2) is 4.98 Å². The number of amides is 1. The van der Waals surface area contributed by atoms with Gasteiger partial charge in [0.05, 0.1) is 0 Å². The van der Waals surface area contributed by atoms with E-state index in [1.807, 2.05) is 19.1 Å². The standard InChI is InChI=1S/C11H14N2O/c1-2-8-4-3-5-10(12-8)11(14)13-9-6-7-9/h3-5,9H,2,6-7H2,1H3,(H,13,14). The minimum absolute atomic E-state index is 0.0391. The van der Waals surface area contributed by atoms with Crippen molar-refractivity contribution in [2.45, 2.75) is 32.2 Å². The summed E-state index contributed by atoms with van der Waals surface area (Å²) >= 11 is 0. The number of rotatable bonds is 3. The van der Waals surface area contributed by atoms with Crippen LogP contribution in [-0.2, 0) is 6.42 Å². The fraction of sp³-hybridized carbons (Fsp3) is 0.455. The third-order valence-electron chi connectivity index (χ3n) is 2.31. The molecule has 0 aliphatic heterocycles. The molecule has 74 valence electrons. The number of pyridine rings is 1. The average molecular weight is 190 g/mol. The number of nitrogens with one attached hydrogen (secondary N) is 1. The summed E-state index contributed by atoms with van der Waals surface area (Å²) in [5.41, 5.74) is 1.50. The van der Waals surface area contributed by atoms with E-state index in [0.717, 1.165) is 25.0 Å². The molecule has 3 nitrogen and oxygen atoms in total. The van der Waals surface area contributed by atoms with Gasteiger partial charge in [0.15, 0.2) is 0 Å². The molecule has 1 aromatic rings. The van der Waals surface area contributed by atoms with E-state index >= 15 is 0 Å². The molecular weight excluding hydrogens is 176 g/mol. The Morgan fingerprint density at radius 1 is 1.57 bits per heavy atom. The molecule has 1 N–H and O–H groups in total. The van der Waals surface area contributed by atoms with Crippen molar-refractivity contribution in [3.63, 3.8) is 0 Å². The van der Waals surface area contributed by atoms with Gasteiger partial charge in [0.1, 0.15) is 5.69 Å². The Hall–Kier alpha value is -1.38. The van der Waals surface area contributed by atoms with Crippen LogP contribution in [0.25, 0.3) is 0 Å². The zero-order valence-corrected chi connectivity index (χ0v) is 8.29. The fourth-order valence-corrected chi connectivity index (χ4v) is 1.29. The van der Waals surface area contributed by atoms with Crippen LogP contribution in [0.5, 0.6) is 0 Å². The van der Waals surface area contributed by atoms with E-state index in [-0.39, 0.29) is 5.91 Å². The predicted molar refractivity (Wildman–Crippen MR) is 54.1 cm³/mol. The lowest BCUT2D eigenvalue weighted by Crippen LogP contribution is -2.26. The van der Waals surface area contributed by atoms with E-state index in [9.17, 15) is 4.79 Å². The Bertz CT molecular complexity index is 345. The normalized spacial score (nSPS) is 15.2. The molecule has 0 saturated heterocycles. The van der Waals surface area contributed by atoms with Gasteiger partial charge in [0.25, 0.3) is 5.91 Å². The molecule has 2 rings (SSSR count). The highest BCUT2D eigenvalue weighted by Gasteiger charge is 2.24. The molecule has 1 saturated carbocycles. The maximum Gasteiger partial charge on any atom is 0.270 e. The van der Waals surface area contributed by atoms with Gasteiger partial charge in [-0.05, 0) is 31.4 Å². The summed E-state index contributed by atoms with van der Waals surface area (Å²) < 4.78 is 0. The van der Waals surface area contributed by atoms with Crippen LogP contribution in [0.4, 0.5) is 0 Å². The van der Waals surface area contributed by atoms with Crippen molar-refractivity contribution in [3.8, 4) is 0 Å². The SMILES string of the molecule is CCc1cccc(C(=O)NC2CC2)n1. The topological polar surface area (TPSA) is 42.0 Å². The van der Waals surface area contributed by atoms with E-state index in [2.05, 4.69) is 10.3 Å². The maximum absolute atomic E-state index is 11.6. The Kier molecular flexibility index (Phi) is 2.48. The summed E-state index contributed by atoms with van der Waals surface area (Å²) in [4.78, 5) is 15.8. The van der Waals surface area contributed by atoms with E-state index in [0.29, 0.717) is 11.7 Å². The Labute approximate surface area is 83.5 Å². The number of aryl methyl sites for hydroxylation is 1. The number of aromatic nitrogens is 1. The summed E-state index contributed by atoms with van der Waals surface area (Å²) in [5, 5.41) is 2.92. The van der Waals surface area contributed by atoms with Gasteiger partial charge in [0, 0.05) is 11.7 Å². The molecule has 14 heavy (non-hydrogen) atoms. The van der Waals surface area contributed by atoms with Crippen LogP contribution in [0.2, 0.25) is 0 Å². The lowest BCUT2D eigenvalue weighted by atomic mass is 10.2. The smallest absolute Gasteiger partial charge is 0.270 e. The van der Waals surface area contributed by atoms with Crippen molar-refractivity contribution in [2.75, 3.05) is 0 Å². The summed E-state index contributed by atoms with van der Waals surface area (Å²) in [7, 11) is 0. The van der Waals surface area contributed by atoms with Gasteiger partial charge in [-0.3, -0.25) is 4.79 Å². The van der Waals surface area contributed by atoms with Gasteiger partial charge in [-0.1, -0.05) is 13.0 Å². The van der Waals surface area contributed by atoms with Gasteiger partial charge < -0.3 is 5.32 Å². The fourth-order valence-electron chi connectivity index (χ4n) is 1.29. The molecular formula is C11H14N2O. The first-order chi connectivity index (χ1) is 6.79. The molecule has 0 atom stereocenters. The van der Waals surface area contributed by atoms with Crippen LogP contribution in [0.15, 0.2) is 18.2 Å². The van der Waals surface area contributed by atoms with Gasteiger partial charge in [0.2, 0.25) is 0 Å². The second-order valence-corrected chi connectivity index (χ2v) is 3.62. The van der Waals surface area contributed by atoms with E-state index in [1.165, 1.54) is 0 Å². The lowest BCUT2D eigenvalue weighted by molar-refractivity contribution is 0.0946. The van der Waals surface area contributed by atoms with Gasteiger partial charge >= 0.3 is 0 Å². The number of hydrogen-bond acceptors (Lipinski definition) is 2. The van der Waals surface area contributed by atoms with Crippen LogP contribution >= 0.6 is 0 Å². The van der Waals surface area contributed by atoms with Gasteiger partial charge in [-0.15, -0.1) is 0 Å². The van der Waals surface area contributed by atoms with Crippen molar-refractivity contribution in [3.05, 3.63) is 29.6 Å². The summed E-state index contributed by atoms with van der Waals surface area (Å²) in [6.07, 6.45) is 3.09. The summed E-state index contributed by atoms with van der Waals surface area (Å²) in [5.74, 6) is -0.0391. The monoisotopic (exact) mass is 190 g/mol. The molecule has 0 aromatic carbocycles. The molecule has 0 radical (unpaired) electrons. The first-order valence-corrected chi connectivity index (χ1v) is 5.06. The van der Waals surface area contributed by atoms with E-state index in [4.69, 9.17) is 0 Å². The second-order valence-electron chi connectivity index (χ2n) is 3.62. The molecule has 1 aromatic heterocycles. The third kappa shape index (κ3) is 2.10. The highest BCUT2D eigenvalue weighted by Crippen LogP contribution is 2.19. The van der Waals surface area contributed by atoms with Crippen LogP contribution in [0.1, 0.15) is 35.9 Å². The van der Waals surface area contributed by atoms with Crippen LogP contribution in [0, 0.1) is 0 Å². The molecule has 1 amide bonds. The summed E-state index contributed by atoms with van der Waals surface area (Å²) in [6.45, 7) is 2.03. The predicted octanol–water partition coefficient (Wildman–Crippen LogP) is 1.54. The number of nitrogens with zero attached hydrogens (tertiary/aromatic N) is 1. The molecule has 1 heterocycles. The number of carbonyl (C=O) groups excluding carboxylic acids is 1. The zero-order chi connectivity index (χ0) is 9.97. The van der Waals surface area contributed by atoms with Crippen LogP contribution in [-0.4, -0.2) is 16.9 Å². The first-order valence-electron chi connectivity index (χ1n) is 5.06. The molecule has 0 unspecified atom stereocenters. The minimum atomic E-state index is -0.0391. The third-order valence-corrected chi connectivity index (χ3v) is 2.31. The molecule has 1 aliphatic rings. The van der Waals surface area contributed by atoms with Crippen molar-refractivity contribution in [1.29, 1.82) is 0 Å². The zero-order valence-electron chi connectivity index (χ0n) is 8.29. The Morgan fingerprint density at radius 2 is 2.36 bits per heavy atom. The Morgan fingerprint density at radius 3 is 3.00 bits per heavy atom. The maximum atomic E-state index is 11.6. The molecule has 1 aliphatic carbocycles. The van der Waals surface area contributed by atoms with Crippen LogP contribution < -0.4 is 5.32 Å². The molecule has 0 bridgehead atoms. The molecule has 1 fully saturated rings. The lowest BCUT2D eigenvalue weighted by Gasteiger charge is -2.03. The molecule has 3 heteroatoms. The Balaban J connectivity index is 2.09. The quantitative estimate of drug-likeness (QED) is 0.785. The highest BCUT2D eigenvalue weighted by molar-refractivity contribution is 5.92. The second kappa shape index (κ2) is 3.78. The highest BCUT2D eigenvalue weighted by atomic mass is 16.2. The van der Waals surface area contributed by atoms with Gasteiger partial charge in [-0.2, -0.15) is 0 Å². The number of carbonyl (C=O) groups is 1. The molecule has 0 spiro atoms. The number of hydrogen-bond donors (Lipinski definition) is 1. The summed E-state index contributed by atoms with van der Waals surface area (Å²) in [6, 6.07) is 5.98. The first kappa shape index (κ1) is 9.19. The van der Waals surface area contributed by atoms with Crippen molar-refractivity contribution in [1.82, 2.24) is 10.3 Å². The van der Waals surface area contributed by atoms with Crippen LogP contribution in [0.3, 0.4) is 0 Å².